The van der Waals surface area contributed by atoms with Gasteiger partial charge in [-0.15, -0.1) is 0 Å². The monoisotopic (exact) mass is 290 g/mol. The molecule has 6 heteroatoms. The zero-order valence-corrected chi connectivity index (χ0v) is 12.1. The molecule has 1 atom stereocenters. The highest BCUT2D eigenvalue weighted by molar-refractivity contribution is 5.92. The summed E-state index contributed by atoms with van der Waals surface area (Å²) < 4.78 is 14.3. The normalized spacial score (nSPS) is 23.1. The molecule has 1 aromatic heterocycles. The molecule has 1 saturated heterocycles. The van der Waals surface area contributed by atoms with Crippen LogP contribution in [0.1, 0.15) is 44.5 Å². The third kappa shape index (κ3) is 2.75. The third-order valence-electron chi connectivity index (χ3n) is 4.23. The zero-order valence-electron chi connectivity index (χ0n) is 12.1. The number of hydrogen-bond acceptors (Lipinski definition) is 4. The lowest BCUT2D eigenvalue weighted by atomic mass is 10.1. The average Bonchev–Trinajstić information content (AvgIpc) is 3.21. The van der Waals surface area contributed by atoms with Crippen molar-refractivity contribution >= 4 is 11.7 Å². The van der Waals surface area contributed by atoms with Crippen molar-refractivity contribution in [2.24, 2.45) is 5.92 Å². The van der Waals surface area contributed by atoms with E-state index in [1.54, 1.807) is 19.2 Å². The summed E-state index contributed by atoms with van der Waals surface area (Å²) in [5.41, 5.74) is 6.25. The van der Waals surface area contributed by atoms with Crippen molar-refractivity contribution in [2.75, 3.05) is 12.3 Å². The van der Waals surface area contributed by atoms with Crippen LogP contribution in [0.15, 0.2) is 23.7 Å². The summed E-state index contributed by atoms with van der Waals surface area (Å²) in [5, 5.41) is 0. The van der Waals surface area contributed by atoms with Gasteiger partial charge in [0.1, 0.15) is 5.82 Å². The molecule has 112 valence electrons. The number of hydrogen-bond donors (Lipinski definition) is 1. The second-order valence-electron chi connectivity index (χ2n) is 5.77. The molecule has 21 heavy (non-hydrogen) atoms. The number of rotatable bonds is 3. The Morgan fingerprint density at radius 2 is 2.19 bits per heavy atom. The number of likely N-dealkylation sites (tertiary alicyclic amines) is 1. The highest BCUT2D eigenvalue weighted by Gasteiger charge is 2.36. The molecule has 0 spiro atoms. The van der Waals surface area contributed by atoms with E-state index >= 15 is 0 Å². The maximum Gasteiger partial charge on any atom is 0.283 e. The van der Waals surface area contributed by atoms with Crippen LogP contribution in [0, 0.1) is 5.92 Å². The SMILES string of the molecule is C/C(=C(\F)C(=O)N1CCCC1c1nccc(N)n1)C1CC1. The standard InChI is InChI=1S/C15H19FN4O/c1-9(10-4-5-10)13(16)15(21)20-8-2-3-11(20)14-18-7-6-12(17)19-14/h6-7,10-11H,2-5,8H2,1H3,(H2,17,18,19)/b13-9+. The Morgan fingerprint density at radius 3 is 2.86 bits per heavy atom. The van der Waals surface area contributed by atoms with Gasteiger partial charge in [-0.2, -0.15) is 0 Å². The molecule has 1 aromatic rings. The van der Waals surface area contributed by atoms with E-state index in [9.17, 15) is 9.18 Å². The van der Waals surface area contributed by atoms with Gasteiger partial charge in [-0.25, -0.2) is 14.4 Å². The molecule has 0 radical (unpaired) electrons. The number of halogens is 1. The van der Waals surface area contributed by atoms with Crippen LogP contribution in [0.5, 0.6) is 0 Å². The van der Waals surface area contributed by atoms with E-state index in [4.69, 9.17) is 5.73 Å². The molecule has 0 bridgehead atoms. The molecule has 0 aromatic carbocycles. The minimum absolute atomic E-state index is 0.249. The van der Waals surface area contributed by atoms with Crippen LogP contribution >= 0.6 is 0 Å². The minimum Gasteiger partial charge on any atom is -0.384 e. The fourth-order valence-electron chi connectivity index (χ4n) is 2.82. The van der Waals surface area contributed by atoms with E-state index in [1.807, 2.05) is 0 Å². The second-order valence-corrected chi connectivity index (χ2v) is 5.77. The van der Waals surface area contributed by atoms with E-state index in [2.05, 4.69) is 9.97 Å². The van der Waals surface area contributed by atoms with Gasteiger partial charge in [0.25, 0.3) is 5.91 Å². The molecule has 5 nitrogen and oxygen atoms in total. The lowest BCUT2D eigenvalue weighted by molar-refractivity contribution is -0.129. The Balaban J connectivity index is 1.84. The quantitative estimate of drug-likeness (QED) is 0.867. The Kier molecular flexibility index (Phi) is 3.61. The van der Waals surface area contributed by atoms with E-state index in [0.29, 0.717) is 23.8 Å². The van der Waals surface area contributed by atoms with Gasteiger partial charge < -0.3 is 10.6 Å². The highest BCUT2D eigenvalue weighted by Crippen LogP contribution is 2.39. The van der Waals surface area contributed by atoms with Gasteiger partial charge >= 0.3 is 0 Å². The van der Waals surface area contributed by atoms with Crippen molar-refractivity contribution in [3.8, 4) is 0 Å². The molecule has 2 aliphatic rings. The van der Waals surface area contributed by atoms with Crippen LogP contribution in [0.4, 0.5) is 10.2 Å². The van der Waals surface area contributed by atoms with E-state index in [-0.39, 0.29) is 12.0 Å². The third-order valence-corrected chi connectivity index (χ3v) is 4.23. The van der Waals surface area contributed by atoms with Crippen LogP contribution in [0.3, 0.4) is 0 Å². The van der Waals surface area contributed by atoms with E-state index < -0.39 is 11.7 Å². The number of anilines is 1. The first-order valence-electron chi connectivity index (χ1n) is 7.33. The van der Waals surface area contributed by atoms with Gasteiger partial charge in [-0.3, -0.25) is 4.79 Å². The van der Waals surface area contributed by atoms with Crippen molar-refractivity contribution < 1.29 is 9.18 Å². The number of carbonyl (C=O) groups is 1. The predicted octanol–water partition coefficient (Wildman–Crippen LogP) is 2.38. The van der Waals surface area contributed by atoms with Gasteiger partial charge in [-0.05, 0) is 50.2 Å². The first-order chi connectivity index (χ1) is 10.1. The summed E-state index contributed by atoms with van der Waals surface area (Å²) in [7, 11) is 0. The molecular weight excluding hydrogens is 271 g/mol. The Morgan fingerprint density at radius 1 is 1.43 bits per heavy atom. The number of nitrogens with zero attached hydrogens (tertiary/aromatic N) is 3. The number of carbonyl (C=O) groups excluding carboxylic acids is 1. The summed E-state index contributed by atoms with van der Waals surface area (Å²) in [5.74, 6) is -0.0259. The summed E-state index contributed by atoms with van der Waals surface area (Å²) >= 11 is 0. The van der Waals surface area contributed by atoms with E-state index in [0.717, 1.165) is 25.7 Å². The Labute approximate surface area is 123 Å². The van der Waals surface area contributed by atoms with Gasteiger partial charge in [0.15, 0.2) is 11.7 Å². The highest BCUT2D eigenvalue weighted by atomic mass is 19.1. The van der Waals surface area contributed by atoms with Crippen LogP contribution in [-0.4, -0.2) is 27.3 Å². The first kappa shape index (κ1) is 14.0. The van der Waals surface area contributed by atoms with E-state index in [1.165, 1.54) is 4.90 Å². The topological polar surface area (TPSA) is 72.1 Å². The predicted molar refractivity (Wildman–Crippen MR) is 76.7 cm³/mol. The van der Waals surface area contributed by atoms with Gasteiger partial charge in [0.05, 0.1) is 6.04 Å². The molecule has 2 heterocycles. The number of nitrogen functional groups attached to an aromatic ring is 1. The van der Waals surface area contributed by atoms with Crippen molar-refractivity contribution in [1.82, 2.24) is 14.9 Å². The second kappa shape index (κ2) is 5.42. The number of amides is 1. The molecular formula is C15H19FN4O. The van der Waals surface area contributed by atoms with Gasteiger partial charge in [-0.1, -0.05) is 0 Å². The molecule has 2 N–H and O–H groups in total. The molecule has 1 saturated carbocycles. The lowest BCUT2D eigenvalue weighted by Crippen LogP contribution is -2.32. The molecule has 1 unspecified atom stereocenters. The summed E-state index contributed by atoms with van der Waals surface area (Å²) in [4.78, 5) is 22.3. The average molecular weight is 290 g/mol. The molecule has 1 aliphatic carbocycles. The largest absolute Gasteiger partial charge is 0.384 e. The molecule has 1 aliphatic heterocycles. The molecule has 2 fully saturated rings. The smallest absolute Gasteiger partial charge is 0.283 e. The van der Waals surface area contributed by atoms with Crippen LogP contribution < -0.4 is 5.73 Å². The van der Waals surface area contributed by atoms with Crippen molar-refractivity contribution in [1.29, 1.82) is 0 Å². The lowest BCUT2D eigenvalue weighted by Gasteiger charge is -2.23. The maximum atomic E-state index is 14.3. The fraction of sp³-hybridized carbons (Fsp3) is 0.533. The van der Waals surface area contributed by atoms with Crippen molar-refractivity contribution in [3.05, 3.63) is 29.5 Å². The Hall–Kier alpha value is -1.98. The van der Waals surface area contributed by atoms with Crippen molar-refractivity contribution in [3.63, 3.8) is 0 Å². The number of aromatic nitrogens is 2. The minimum atomic E-state index is -0.603. The van der Waals surface area contributed by atoms with Gasteiger partial charge in [0, 0.05) is 12.7 Å². The van der Waals surface area contributed by atoms with Gasteiger partial charge in [0.2, 0.25) is 0 Å². The zero-order chi connectivity index (χ0) is 15.0. The van der Waals surface area contributed by atoms with Crippen LogP contribution in [-0.2, 0) is 4.79 Å². The summed E-state index contributed by atoms with van der Waals surface area (Å²) in [6, 6.07) is 1.32. The molecule has 1 amide bonds. The first-order valence-corrected chi connectivity index (χ1v) is 7.33. The summed E-state index contributed by atoms with van der Waals surface area (Å²) in [6.45, 7) is 2.25. The molecule has 3 rings (SSSR count). The maximum absolute atomic E-state index is 14.3. The fourth-order valence-corrected chi connectivity index (χ4v) is 2.82. The van der Waals surface area contributed by atoms with Crippen LogP contribution in [0.2, 0.25) is 0 Å². The number of nitrogens with two attached hydrogens (primary N) is 1. The Bertz CT molecular complexity index is 597. The van der Waals surface area contributed by atoms with Crippen molar-refractivity contribution in [2.45, 2.75) is 38.6 Å². The van der Waals surface area contributed by atoms with Crippen LogP contribution in [0.25, 0.3) is 0 Å². The summed E-state index contributed by atoms with van der Waals surface area (Å²) in [6.07, 6.45) is 5.10. The number of allylic oxidation sites excluding steroid dienone is 1.